The molecule has 1 amide bonds. The van der Waals surface area contributed by atoms with E-state index < -0.39 is 0 Å². The summed E-state index contributed by atoms with van der Waals surface area (Å²) in [4.78, 5) is 12.3. The molecule has 0 heterocycles. The highest BCUT2D eigenvalue weighted by Gasteiger charge is 2.08. The molecular weight excluding hydrogens is 380 g/mol. The average Bonchev–Trinajstić information content (AvgIpc) is 2.81. The molecule has 2 aromatic rings. The summed E-state index contributed by atoms with van der Waals surface area (Å²) in [5.74, 6) is -0.287. The van der Waals surface area contributed by atoms with Crippen LogP contribution in [-0.2, 0) is 4.79 Å². The Morgan fingerprint density at radius 3 is 1.94 bits per heavy atom. The maximum atomic E-state index is 12.3. The van der Waals surface area contributed by atoms with Gasteiger partial charge in [0.05, 0.1) is 0 Å². The minimum Gasteiger partial charge on any atom is -0.351 e. The predicted octanol–water partition coefficient (Wildman–Crippen LogP) is 7.30. The molecular formula is C28H36N2O. The van der Waals surface area contributed by atoms with Crippen LogP contribution in [0.4, 0.5) is 0 Å². The van der Waals surface area contributed by atoms with Gasteiger partial charge in [-0.25, -0.2) is 0 Å². The Bertz CT molecular complexity index is 832. The number of benzene rings is 2. The molecule has 1 N–H and O–H groups in total. The van der Waals surface area contributed by atoms with Gasteiger partial charge in [0, 0.05) is 6.54 Å². The van der Waals surface area contributed by atoms with Crippen molar-refractivity contribution in [3.8, 4) is 17.2 Å². The van der Waals surface area contributed by atoms with Gasteiger partial charge in [-0.1, -0.05) is 119 Å². The topological polar surface area (TPSA) is 52.9 Å². The number of carbonyl (C=O) groups excluding carboxylic acids is 1. The zero-order chi connectivity index (χ0) is 22.2. The maximum absolute atomic E-state index is 12.3. The van der Waals surface area contributed by atoms with Crippen molar-refractivity contribution in [1.29, 1.82) is 5.26 Å². The van der Waals surface area contributed by atoms with Crippen molar-refractivity contribution in [3.05, 3.63) is 65.7 Å². The predicted molar refractivity (Wildman–Crippen MR) is 130 cm³/mol. The van der Waals surface area contributed by atoms with E-state index in [1.54, 1.807) is 6.08 Å². The smallest absolute Gasteiger partial charge is 0.261 e. The Morgan fingerprint density at radius 2 is 1.35 bits per heavy atom. The van der Waals surface area contributed by atoms with Gasteiger partial charge in [-0.2, -0.15) is 5.26 Å². The summed E-state index contributed by atoms with van der Waals surface area (Å²) in [6.07, 6.45) is 14.3. The molecule has 0 bridgehead atoms. The van der Waals surface area contributed by atoms with Crippen LogP contribution in [0.2, 0.25) is 0 Å². The van der Waals surface area contributed by atoms with E-state index >= 15 is 0 Å². The number of hydrogen-bond acceptors (Lipinski definition) is 2. The second-order valence-corrected chi connectivity index (χ2v) is 8.10. The average molecular weight is 417 g/mol. The van der Waals surface area contributed by atoms with Crippen LogP contribution in [0.5, 0.6) is 0 Å². The fourth-order valence-electron chi connectivity index (χ4n) is 3.63. The summed E-state index contributed by atoms with van der Waals surface area (Å²) in [6.45, 7) is 2.87. The van der Waals surface area contributed by atoms with Gasteiger partial charge in [-0.15, -0.1) is 0 Å². The van der Waals surface area contributed by atoms with Crippen molar-refractivity contribution >= 4 is 12.0 Å². The molecule has 0 aliphatic carbocycles. The molecule has 0 aliphatic heterocycles. The number of hydrogen-bond donors (Lipinski definition) is 1. The molecule has 31 heavy (non-hydrogen) atoms. The van der Waals surface area contributed by atoms with Crippen molar-refractivity contribution in [1.82, 2.24) is 5.32 Å². The summed E-state index contributed by atoms with van der Waals surface area (Å²) in [5.41, 5.74) is 3.26. The number of unbranched alkanes of at least 4 members (excludes halogenated alkanes) is 9. The molecule has 0 saturated heterocycles. The van der Waals surface area contributed by atoms with Gasteiger partial charge in [0.15, 0.2) is 0 Å². The van der Waals surface area contributed by atoms with Gasteiger partial charge in [0.25, 0.3) is 5.91 Å². The number of rotatable bonds is 14. The molecule has 0 radical (unpaired) electrons. The fourth-order valence-corrected chi connectivity index (χ4v) is 3.63. The molecule has 2 rings (SSSR count). The number of carbonyl (C=O) groups is 1. The molecule has 0 fully saturated rings. The van der Waals surface area contributed by atoms with Gasteiger partial charge in [0.2, 0.25) is 0 Å². The molecule has 0 aliphatic rings. The molecule has 3 heteroatoms. The van der Waals surface area contributed by atoms with Crippen LogP contribution in [0.25, 0.3) is 17.2 Å². The Hall–Kier alpha value is -2.86. The van der Waals surface area contributed by atoms with Crippen LogP contribution in [0.15, 0.2) is 60.2 Å². The third kappa shape index (κ3) is 9.66. The standard InChI is InChI=1S/C28H36N2O/c1-2-3-4-5-6-7-8-9-10-14-21-30-28(31)27(23-29)22-24-17-19-26(20-18-24)25-15-12-11-13-16-25/h11-13,15-20,22H,2-10,14,21H2,1H3,(H,30,31). The first-order valence-electron chi connectivity index (χ1n) is 11.8. The maximum Gasteiger partial charge on any atom is 0.261 e. The third-order valence-corrected chi connectivity index (χ3v) is 5.51. The number of amides is 1. The quantitative estimate of drug-likeness (QED) is 0.199. The zero-order valence-electron chi connectivity index (χ0n) is 18.9. The Kier molecular flexibility index (Phi) is 11.8. The van der Waals surface area contributed by atoms with E-state index in [2.05, 4.69) is 24.4 Å². The lowest BCUT2D eigenvalue weighted by Crippen LogP contribution is -2.25. The molecule has 3 nitrogen and oxygen atoms in total. The molecule has 0 unspecified atom stereocenters. The van der Waals surface area contributed by atoms with Gasteiger partial charge in [-0.05, 0) is 29.2 Å². The van der Waals surface area contributed by atoms with Crippen LogP contribution in [0, 0.1) is 11.3 Å². The van der Waals surface area contributed by atoms with Gasteiger partial charge < -0.3 is 5.32 Å². The largest absolute Gasteiger partial charge is 0.351 e. The summed E-state index contributed by atoms with van der Waals surface area (Å²) >= 11 is 0. The van der Waals surface area contributed by atoms with Crippen LogP contribution in [0.3, 0.4) is 0 Å². The zero-order valence-corrected chi connectivity index (χ0v) is 18.9. The van der Waals surface area contributed by atoms with E-state index in [0.717, 1.165) is 29.5 Å². The lowest BCUT2D eigenvalue weighted by Gasteiger charge is -2.05. The summed E-state index contributed by atoms with van der Waals surface area (Å²) in [6, 6.07) is 20.1. The second-order valence-electron chi connectivity index (χ2n) is 8.10. The summed E-state index contributed by atoms with van der Waals surface area (Å²) in [5, 5.41) is 12.3. The Labute approximate surface area is 188 Å². The highest BCUT2D eigenvalue weighted by Crippen LogP contribution is 2.20. The lowest BCUT2D eigenvalue weighted by atomic mass is 10.0. The summed E-state index contributed by atoms with van der Waals surface area (Å²) < 4.78 is 0. The van der Waals surface area contributed by atoms with Crippen molar-refractivity contribution in [3.63, 3.8) is 0 Å². The minimum absolute atomic E-state index is 0.152. The fraction of sp³-hybridized carbons (Fsp3) is 0.429. The van der Waals surface area contributed by atoms with Crippen molar-refractivity contribution < 1.29 is 4.79 Å². The van der Waals surface area contributed by atoms with Crippen molar-refractivity contribution in [2.75, 3.05) is 6.54 Å². The second kappa shape index (κ2) is 15.0. The Balaban J connectivity index is 1.68. The van der Waals surface area contributed by atoms with Crippen LogP contribution < -0.4 is 5.32 Å². The first-order valence-corrected chi connectivity index (χ1v) is 11.8. The number of nitrogens with zero attached hydrogens (tertiary/aromatic N) is 1. The normalized spacial score (nSPS) is 11.2. The van der Waals surface area contributed by atoms with Crippen LogP contribution >= 0.6 is 0 Å². The third-order valence-electron chi connectivity index (χ3n) is 5.51. The van der Waals surface area contributed by atoms with E-state index in [-0.39, 0.29) is 11.5 Å². The van der Waals surface area contributed by atoms with E-state index in [1.165, 1.54) is 51.4 Å². The number of nitriles is 1. The number of nitrogens with one attached hydrogen (secondary N) is 1. The van der Waals surface area contributed by atoms with Crippen molar-refractivity contribution in [2.24, 2.45) is 0 Å². The van der Waals surface area contributed by atoms with E-state index in [1.807, 2.05) is 48.5 Å². The van der Waals surface area contributed by atoms with E-state index in [0.29, 0.717) is 6.54 Å². The molecule has 0 saturated carbocycles. The monoisotopic (exact) mass is 416 g/mol. The van der Waals surface area contributed by atoms with E-state index in [4.69, 9.17) is 0 Å². The van der Waals surface area contributed by atoms with Crippen LogP contribution in [-0.4, -0.2) is 12.5 Å². The van der Waals surface area contributed by atoms with Gasteiger partial charge >= 0.3 is 0 Å². The molecule has 164 valence electrons. The van der Waals surface area contributed by atoms with Crippen molar-refractivity contribution in [2.45, 2.75) is 71.1 Å². The molecule has 2 aromatic carbocycles. The first-order chi connectivity index (χ1) is 15.2. The highest BCUT2D eigenvalue weighted by atomic mass is 16.1. The SMILES string of the molecule is CCCCCCCCCCCCNC(=O)C(C#N)=Cc1ccc(-c2ccccc2)cc1. The lowest BCUT2D eigenvalue weighted by molar-refractivity contribution is -0.117. The minimum atomic E-state index is -0.287. The first kappa shape index (κ1) is 24.4. The molecule has 0 atom stereocenters. The molecule has 0 aromatic heterocycles. The van der Waals surface area contributed by atoms with Gasteiger partial charge in [-0.3, -0.25) is 4.79 Å². The van der Waals surface area contributed by atoms with E-state index in [9.17, 15) is 10.1 Å². The highest BCUT2D eigenvalue weighted by molar-refractivity contribution is 6.01. The Morgan fingerprint density at radius 1 is 0.806 bits per heavy atom. The van der Waals surface area contributed by atoms with Crippen LogP contribution in [0.1, 0.15) is 76.7 Å². The van der Waals surface area contributed by atoms with Gasteiger partial charge in [0.1, 0.15) is 11.6 Å². The summed E-state index contributed by atoms with van der Waals surface area (Å²) in [7, 11) is 0. The molecule has 0 spiro atoms.